The Bertz CT molecular complexity index is 2570. The van der Waals surface area contributed by atoms with Crippen LogP contribution in [-0.4, -0.2) is 113 Å². The molecule has 0 radical (unpaired) electrons. The second-order valence-electron chi connectivity index (χ2n) is 17.7. The molecule has 3 saturated heterocycles. The number of benzene rings is 3. The van der Waals surface area contributed by atoms with Gasteiger partial charge >= 0.3 is 6.03 Å². The molecule has 5 amide bonds. The number of nitrogens with one attached hydrogen (secondary N) is 2. The molecule has 2 N–H and O–H groups in total. The summed E-state index contributed by atoms with van der Waals surface area (Å²) in [6.07, 6.45) is 11.2. The molecule has 0 aliphatic carbocycles. The van der Waals surface area contributed by atoms with Crippen LogP contribution in [0.4, 0.5) is 20.6 Å². The summed E-state index contributed by atoms with van der Waals surface area (Å²) >= 11 is 6.68. The smallest absolute Gasteiger partial charge is 0.328 e. The second kappa shape index (κ2) is 17.6. The van der Waals surface area contributed by atoms with Gasteiger partial charge in [0.15, 0.2) is 5.82 Å². The summed E-state index contributed by atoms with van der Waals surface area (Å²) in [5, 5.41) is 7.71. The number of H-pyrrole nitrogens is 1. The molecular weight excluding hydrogens is 821 g/mol. The predicted octanol–water partition coefficient (Wildman–Crippen LogP) is 7.56. The lowest BCUT2D eigenvalue weighted by molar-refractivity contribution is -0.131. The standard InChI is InChI=1S/C48H53ClFN9O4/c1-54(2)46(62)40-29-38-36(28-37(44(50)45(38)52-40)34-5-3-19-57(31-34)43(61)13-21-58-20-4-18-51-58)33-8-6-32(7-9-33)30-55-23-14-48(15-24-55)16-25-56(26-17-48)35-10-11-41(39(49)27-35)59-22-12-42(60)53-47(59)63/h4-11,18,20,27-29,52H,3,12-17,19,21-26,30-31H2,1-2H3,(H,53,60,63). The Labute approximate surface area is 371 Å². The van der Waals surface area contributed by atoms with Crippen LogP contribution in [0.1, 0.15) is 66.6 Å². The highest BCUT2D eigenvalue weighted by Gasteiger charge is 2.38. The Kier molecular flexibility index (Phi) is 11.9. The molecule has 0 atom stereocenters. The molecule has 9 rings (SSSR count). The van der Waals surface area contributed by atoms with E-state index in [9.17, 15) is 19.2 Å². The van der Waals surface area contributed by atoms with Crippen LogP contribution in [0.3, 0.4) is 0 Å². The fourth-order valence-electron chi connectivity index (χ4n) is 9.72. The Morgan fingerprint density at radius 3 is 2.38 bits per heavy atom. The zero-order valence-corrected chi connectivity index (χ0v) is 36.6. The number of rotatable bonds is 10. The van der Waals surface area contributed by atoms with Crippen molar-refractivity contribution in [2.75, 3.05) is 69.7 Å². The van der Waals surface area contributed by atoms with Crippen molar-refractivity contribution >= 4 is 63.2 Å². The van der Waals surface area contributed by atoms with E-state index >= 15 is 4.39 Å². The van der Waals surface area contributed by atoms with Gasteiger partial charge < -0.3 is 19.7 Å². The number of halogens is 2. The van der Waals surface area contributed by atoms with E-state index in [-0.39, 0.29) is 29.7 Å². The van der Waals surface area contributed by atoms with E-state index < -0.39 is 11.8 Å². The quantitative estimate of drug-likeness (QED) is 0.148. The molecule has 13 nitrogen and oxygen atoms in total. The van der Waals surface area contributed by atoms with Gasteiger partial charge in [-0.3, -0.25) is 34.2 Å². The van der Waals surface area contributed by atoms with Crippen LogP contribution >= 0.6 is 11.6 Å². The van der Waals surface area contributed by atoms with Crippen LogP contribution in [0.15, 0.2) is 79.1 Å². The molecule has 0 bridgehead atoms. The van der Waals surface area contributed by atoms with Crippen LogP contribution < -0.4 is 15.1 Å². The molecule has 328 valence electrons. The monoisotopic (exact) mass is 873 g/mol. The number of hydrogen-bond acceptors (Lipinski definition) is 7. The van der Waals surface area contributed by atoms with Gasteiger partial charge in [-0.15, -0.1) is 0 Å². The highest BCUT2D eigenvalue weighted by molar-refractivity contribution is 6.34. The zero-order valence-electron chi connectivity index (χ0n) is 35.8. The number of aryl methyl sites for hydroxylation is 1. The molecule has 3 aromatic carbocycles. The van der Waals surface area contributed by atoms with Crippen LogP contribution in [-0.2, 0) is 22.7 Å². The molecule has 63 heavy (non-hydrogen) atoms. The first-order chi connectivity index (χ1) is 30.4. The number of piperidine rings is 2. The Hall–Kier alpha value is -5.99. The van der Waals surface area contributed by atoms with E-state index in [1.54, 1.807) is 35.9 Å². The summed E-state index contributed by atoms with van der Waals surface area (Å²) in [5.74, 6) is -0.945. The van der Waals surface area contributed by atoms with Gasteiger partial charge in [0, 0.05) is 102 Å². The number of amides is 5. The van der Waals surface area contributed by atoms with E-state index in [4.69, 9.17) is 11.6 Å². The minimum absolute atomic E-state index is 0.00128. The number of carbonyl (C=O) groups excluding carboxylic acids is 4. The molecule has 0 saturated carbocycles. The first-order valence-electron chi connectivity index (χ1n) is 21.9. The topological polar surface area (TPSA) is 130 Å². The van der Waals surface area contributed by atoms with Gasteiger partial charge in [0.2, 0.25) is 11.8 Å². The summed E-state index contributed by atoms with van der Waals surface area (Å²) in [4.78, 5) is 63.2. The van der Waals surface area contributed by atoms with Crippen molar-refractivity contribution in [3.8, 4) is 11.1 Å². The second-order valence-corrected chi connectivity index (χ2v) is 18.1. The summed E-state index contributed by atoms with van der Waals surface area (Å²) in [5.41, 5.74) is 6.68. The number of fused-ring (bicyclic) bond motifs is 1. The van der Waals surface area contributed by atoms with Gasteiger partial charge in [-0.2, -0.15) is 5.10 Å². The molecule has 0 unspecified atom stereocenters. The van der Waals surface area contributed by atoms with Crippen molar-refractivity contribution in [3.05, 3.63) is 107 Å². The third-order valence-electron chi connectivity index (χ3n) is 13.5. The van der Waals surface area contributed by atoms with Gasteiger partial charge in [-0.25, -0.2) is 9.18 Å². The van der Waals surface area contributed by atoms with E-state index in [0.29, 0.717) is 71.8 Å². The number of imide groups is 1. The lowest BCUT2D eigenvalue weighted by atomic mass is 9.71. The summed E-state index contributed by atoms with van der Waals surface area (Å²) < 4.78 is 18.3. The number of anilines is 2. The third kappa shape index (κ3) is 8.83. The average Bonchev–Trinajstić information content (AvgIpc) is 3.99. The molecule has 15 heteroatoms. The van der Waals surface area contributed by atoms with Crippen LogP contribution in [0.25, 0.3) is 27.6 Å². The van der Waals surface area contributed by atoms with Crippen LogP contribution in [0.2, 0.25) is 5.02 Å². The molecular formula is C48H53ClFN9O4. The minimum Gasteiger partial charge on any atom is -0.371 e. The van der Waals surface area contributed by atoms with Gasteiger partial charge in [-0.1, -0.05) is 41.9 Å². The average molecular weight is 874 g/mol. The van der Waals surface area contributed by atoms with Gasteiger partial charge in [0.1, 0.15) is 5.69 Å². The fraction of sp³-hybridized carbons (Fsp3) is 0.396. The molecule has 4 aliphatic heterocycles. The lowest BCUT2D eigenvalue weighted by Crippen LogP contribution is -2.49. The van der Waals surface area contributed by atoms with Crippen molar-refractivity contribution < 1.29 is 23.6 Å². The van der Waals surface area contributed by atoms with E-state index in [2.05, 4.69) is 49.5 Å². The lowest BCUT2D eigenvalue weighted by Gasteiger charge is -2.47. The third-order valence-corrected chi connectivity index (χ3v) is 13.8. The first kappa shape index (κ1) is 42.3. The van der Waals surface area contributed by atoms with E-state index in [1.165, 1.54) is 15.4 Å². The molecule has 6 heterocycles. The number of nitrogens with zero attached hydrogens (tertiary/aromatic N) is 7. The highest BCUT2D eigenvalue weighted by atomic mass is 35.5. The zero-order chi connectivity index (χ0) is 43.8. The van der Waals surface area contributed by atoms with Crippen molar-refractivity contribution in [1.82, 2.24) is 34.8 Å². The fourth-order valence-corrected chi connectivity index (χ4v) is 10.00. The van der Waals surface area contributed by atoms with Gasteiger partial charge in [0.05, 0.1) is 16.2 Å². The molecule has 2 aromatic heterocycles. The maximum atomic E-state index is 16.6. The minimum atomic E-state index is -0.439. The largest absolute Gasteiger partial charge is 0.371 e. The van der Waals surface area contributed by atoms with Crippen molar-refractivity contribution in [2.24, 2.45) is 5.41 Å². The summed E-state index contributed by atoms with van der Waals surface area (Å²) in [6.45, 7) is 6.44. The number of aromatic amines is 1. The Balaban J connectivity index is 0.853. The summed E-state index contributed by atoms with van der Waals surface area (Å²) in [6, 6.07) is 19.3. The number of carbonyl (C=O) groups is 4. The van der Waals surface area contributed by atoms with Gasteiger partial charge in [-0.05, 0) is 109 Å². The predicted molar refractivity (Wildman–Crippen MR) is 243 cm³/mol. The number of likely N-dealkylation sites (tertiary alicyclic amines) is 1. The van der Waals surface area contributed by atoms with Crippen LogP contribution in [0.5, 0.6) is 0 Å². The van der Waals surface area contributed by atoms with Crippen molar-refractivity contribution in [1.29, 1.82) is 0 Å². The molecule has 5 aromatic rings. The molecule has 3 fully saturated rings. The molecule has 4 aliphatic rings. The first-order valence-corrected chi connectivity index (χ1v) is 22.3. The maximum Gasteiger partial charge on any atom is 0.328 e. The number of urea groups is 1. The normalized spacial score (nSPS) is 18.2. The summed E-state index contributed by atoms with van der Waals surface area (Å²) in [7, 11) is 3.35. The number of hydrogen-bond donors (Lipinski definition) is 2. The Morgan fingerprint density at radius 2 is 1.68 bits per heavy atom. The Morgan fingerprint density at radius 1 is 0.921 bits per heavy atom. The highest BCUT2D eigenvalue weighted by Crippen LogP contribution is 2.44. The SMILES string of the molecule is CN(C)C(=O)c1cc2c(-c3ccc(CN4CCC5(CC4)CCN(c4ccc(N6CCC(=O)NC6=O)c(Cl)c4)CC5)cc3)cc(C3=CCCN(C(=O)CCn4cccn4)C3)c(F)c2[nH]1. The van der Waals surface area contributed by atoms with Crippen LogP contribution in [0, 0.1) is 11.2 Å². The van der Waals surface area contributed by atoms with Gasteiger partial charge in [0.25, 0.3) is 5.91 Å². The van der Waals surface area contributed by atoms with E-state index in [1.807, 2.05) is 42.6 Å². The maximum absolute atomic E-state index is 16.6. The van der Waals surface area contributed by atoms with E-state index in [0.717, 1.165) is 80.8 Å². The van der Waals surface area contributed by atoms with Crippen molar-refractivity contribution in [3.63, 3.8) is 0 Å². The number of aromatic nitrogens is 3. The van der Waals surface area contributed by atoms with Crippen molar-refractivity contribution in [2.45, 2.75) is 58.0 Å². The molecule has 1 spiro atoms.